The minimum absolute atomic E-state index is 0.129. The molecule has 0 radical (unpaired) electrons. The maximum Gasteiger partial charge on any atom is 0.265 e. The molecule has 2 rings (SSSR count). The Bertz CT molecular complexity index is 756. The average molecular weight is 390 g/mol. The van der Waals surface area contributed by atoms with Crippen molar-refractivity contribution in [2.45, 2.75) is 51.6 Å². The van der Waals surface area contributed by atoms with Crippen LogP contribution in [0.1, 0.15) is 45.6 Å². The Morgan fingerprint density at radius 3 is 2.30 bits per heavy atom. The zero-order chi connectivity index (χ0) is 19.6. The van der Waals surface area contributed by atoms with E-state index in [1.165, 1.54) is 11.8 Å². The Morgan fingerprint density at radius 2 is 1.70 bits per heavy atom. The molecule has 0 atom stereocenters. The molecule has 1 aromatic heterocycles. The summed E-state index contributed by atoms with van der Waals surface area (Å²) in [4.78, 5) is 19.9. The normalized spacial score (nSPS) is 11.3. The van der Waals surface area contributed by atoms with Crippen molar-refractivity contribution in [3.8, 4) is 11.6 Å². The molecule has 1 aromatic carbocycles. The van der Waals surface area contributed by atoms with Gasteiger partial charge < -0.3 is 10.0 Å². The Labute approximate surface area is 166 Å². The Morgan fingerprint density at radius 1 is 1.04 bits per heavy atom. The number of benzene rings is 1. The number of nitrogens with zero attached hydrogens (tertiary/aromatic N) is 3. The van der Waals surface area contributed by atoms with Crippen molar-refractivity contribution in [1.82, 2.24) is 14.5 Å². The lowest BCUT2D eigenvalue weighted by molar-refractivity contribution is 0.292. The van der Waals surface area contributed by atoms with E-state index in [2.05, 4.69) is 23.7 Å². The molecular formula is C21H31N3O2S. The first-order valence-electron chi connectivity index (χ1n) is 9.87. The van der Waals surface area contributed by atoms with Gasteiger partial charge in [-0.15, -0.1) is 0 Å². The lowest BCUT2D eigenvalue weighted by Crippen LogP contribution is -2.29. The van der Waals surface area contributed by atoms with Gasteiger partial charge in [0, 0.05) is 12.3 Å². The first-order valence-corrected chi connectivity index (χ1v) is 10.9. The molecule has 0 saturated heterocycles. The van der Waals surface area contributed by atoms with E-state index < -0.39 is 0 Å². The van der Waals surface area contributed by atoms with Gasteiger partial charge in [0.05, 0.1) is 11.3 Å². The molecule has 1 N–H and O–H groups in total. The average Bonchev–Trinajstić information content (AvgIpc) is 2.66. The van der Waals surface area contributed by atoms with Gasteiger partial charge in [-0.05, 0) is 44.5 Å². The first kappa shape index (κ1) is 21.5. The summed E-state index contributed by atoms with van der Waals surface area (Å²) in [7, 11) is 0. The Kier molecular flexibility index (Phi) is 8.88. The van der Waals surface area contributed by atoms with Crippen LogP contribution in [0.2, 0.25) is 0 Å². The molecule has 1 heterocycles. The number of hydrogen-bond donors (Lipinski definition) is 1. The number of aromatic hydroxyl groups is 1. The molecule has 6 heteroatoms. The first-order chi connectivity index (χ1) is 13.1. The minimum atomic E-state index is -0.169. The van der Waals surface area contributed by atoms with Crippen molar-refractivity contribution >= 4 is 11.8 Å². The number of aromatic nitrogens is 2. The van der Waals surface area contributed by atoms with Gasteiger partial charge in [0.2, 0.25) is 5.88 Å². The second kappa shape index (κ2) is 11.1. The van der Waals surface area contributed by atoms with Gasteiger partial charge in [0.25, 0.3) is 5.56 Å². The fourth-order valence-corrected chi connectivity index (χ4v) is 4.13. The predicted molar refractivity (Wildman–Crippen MR) is 113 cm³/mol. The summed E-state index contributed by atoms with van der Waals surface area (Å²) in [6.45, 7) is 9.46. The molecule has 148 valence electrons. The Hall–Kier alpha value is -1.79. The highest BCUT2D eigenvalue weighted by Crippen LogP contribution is 2.23. The van der Waals surface area contributed by atoms with E-state index in [4.69, 9.17) is 0 Å². The SMILES string of the molecule is CCCc1c(O)nc(SCCN(CCC)CCC)n(-c2ccccc2)c1=O. The highest BCUT2D eigenvalue weighted by Gasteiger charge is 2.17. The molecule has 5 nitrogen and oxygen atoms in total. The van der Waals surface area contributed by atoms with Crippen molar-refractivity contribution in [2.75, 3.05) is 25.4 Å². The van der Waals surface area contributed by atoms with Gasteiger partial charge in [0.15, 0.2) is 5.16 Å². The lowest BCUT2D eigenvalue weighted by Gasteiger charge is -2.21. The van der Waals surface area contributed by atoms with Gasteiger partial charge in [-0.3, -0.25) is 9.36 Å². The molecule has 0 amide bonds. The van der Waals surface area contributed by atoms with E-state index in [-0.39, 0.29) is 11.4 Å². The van der Waals surface area contributed by atoms with Crippen molar-refractivity contribution < 1.29 is 5.11 Å². The third kappa shape index (κ3) is 5.84. The Balaban J connectivity index is 2.30. The van der Waals surface area contributed by atoms with Crippen LogP contribution in [0.25, 0.3) is 5.69 Å². The van der Waals surface area contributed by atoms with Crippen LogP contribution < -0.4 is 5.56 Å². The zero-order valence-corrected chi connectivity index (χ0v) is 17.5. The molecule has 0 aliphatic heterocycles. The van der Waals surface area contributed by atoms with Crippen LogP contribution in [0.4, 0.5) is 0 Å². The van der Waals surface area contributed by atoms with Crippen molar-refractivity contribution in [2.24, 2.45) is 0 Å². The summed E-state index contributed by atoms with van der Waals surface area (Å²) < 4.78 is 1.64. The minimum Gasteiger partial charge on any atom is -0.493 e. The second-order valence-corrected chi connectivity index (χ2v) is 7.67. The molecular weight excluding hydrogens is 358 g/mol. The molecule has 0 aliphatic rings. The third-order valence-corrected chi connectivity index (χ3v) is 5.28. The van der Waals surface area contributed by atoms with Crippen LogP contribution in [0.3, 0.4) is 0 Å². The summed E-state index contributed by atoms with van der Waals surface area (Å²) in [5.74, 6) is 0.696. The highest BCUT2D eigenvalue weighted by atomic mass is 32.2. The van der Waals surface area contributed by atoms with E-state index >= 15 is 0 Å². The largest absolute Gasteiger partial charge is 0.493 e. The van der Waals surface area contributed by atoms with Crippen molar-refractivity contribution in [1.29, 1.82) is 0 Å². The third-order valence-electron chi connectivity index (χ3n) is 4.36. The second-order valence-electron chi connectivity index (χ2n) is 6.61. The van der Waals surface area contributed by atoms with Gasteiger partial charge in [-0.2, -0.15) is 4.98 Å². The maximum atomic E-state index is 13.0. The smallest absolute Gasteiger partial charge is 0.265 e. The fraction of sp³-hybridized carbons (Fsp3) is 0.524. The quantitative estimate of drug-likeness (QED) is 0.463. The van der Waals surface area contributed by atoms with Crippen LogP contribution in [0.15, 0.2) is 40.3 Å². The van der Waals surface area contributed by atoms with E-state index in [1.807, 2.05) is 37.3 Å². The summed E-state index contributed by atoms with van der Waals surface area (Å²) in [6, 6.07) is 9.55. The predicted octanol–water partition coefficient (Wildman–Crippen LogP) is 4.10. The molecule has 2 aromatic rings. The number of hydrogen-bond acceptors (Lipinski definition) is 5. The monoisotopic (exact) mass is 389 g/mol. The molecule has 27 heavy (non-hydrogen) atoms. The van der Waals surface area contributed by atoms with Crippen LogP contribution in [-0.2, 0) is 6.42 Å². The molecule has 0 saturated carbocycles. The molecule has 0 spiro atoms. The molecule has 0 unspecified atom stereocenters. The maximum absolute atomic E-state index is 13.0. The highest BCUT2D eigenvalue weighted by molar-refractivity contribution is 7.99. The standard InChI is InChI=1S/C21H31N3O2S/c1-4-10-18-19(25)22-21(27-16-15-23(13-5-2)14-6-3)24(20(18)26)17-11-8-7-9-12-17/h7-9,11-12,25H,4-6,10,13-16H2,1-3H3. The van der Waals surface area contributed by atoms with Crippen LogP contribution >= 0.6 is 11.8 Å². The number of thioether (sulfide) groups is 1. The van der Waals surface area contributed by atoms with Crippen molar-refractivity contribution in [3.05, 3.63) is 46.2 Å². The van der Waals surface area contributed by atoms with Crippen LogP contribution in [0, 0.1) is 0 Å². The van der Waals surface area contributed by atoms with Gasteiger partial charge in [0.1, 0.15) is 0 Å². The van der Waals surface area contributed by atoms with Crippen LogP contribution in [-0.4, -0.2) is 44.9 Å². The summed E-state index contributed by atoms with van der Waals surface area (Å²) >= 11 is 1.53. The topological polar surface area (TPSA) is 58.4 Å². The molecule has 0 aliphatic carbocycles. The summed E-state index contributed by atoms with van der Waals surface area (Å²) in [5.41, 5.74) is 1.01. The van der Waals surface area contributed by atoms with Gasteiger partial charge >= 0.3 is 0 Å². The fourth-order valence-electron chi connectivity index (χ4n) is 3.13. The summed E-state index contributed by atoms with van der Waals surface area (Å²) in [5, 5.41) is 10.9. The van der Waals surface area contributed by atoms with E-state index in [9.17, 15) is 9.90 Å². The van der Waals surface area contributed by atoms with Gasteiger partial charge in [-0.1, -0.05) is 57.2 Å². The number of rotatable bonds is 11. The van der Waals surface area contributed by atoms with Crippen molar-refractivity contribution in [3.63, 3.8) is 0 Å². The van der Waals surface area contributed by atoms with E-state index in [0.29, 0.717) is 17.1 Å². The van der Waals surface area contributed by atoms with E-state index in [1.54, 1.807) is 4.57 Å². The lowest BCUT2D eigenvalue weighted by atomic mass is 10.2. The zero-order valence-electron chi connectivity index (χ0n) is 16.6. The van der Waals surface area contributed by atoms with E-state index in [0.717, 1.165) is 50.3 Å². The molecule has 0 fully saturated rings. The summed E-state index contributed by atoms with van der Waals surface area (Å²) in [6.07, 6.45) is 3.57. The molecule has 0 bridgehead atoms. The van der Waals surface area contributed by atoms with Gasteiger partial charge in [-0.25, -0.2) is 0 Å². The van der Waals surface area contributed by atoms with Crippen LogP contribution in [0.5, 0.6) is 5.88 Å². The number of para-hydroxylation sites is 1.